The first-order valence-corrected chi connectivity index (χ1v) is 7.24. The van der Waals surface area contributed by atoms with Crippen molar-refractivity contribution in [1.82, 2.24) is 5.32 Å². The van der Waals surface area contributed by atoms with Gasteiger partial charge in [0.2, 0.25) is 0 Å². The second-order valence-electron chi connectivity index (χ2n) is 5.28. The number of amides is 1. The predicted octanol–water partition coefficient (Wildman–Crippen LogP) is 2.18. The summed E-state index contributed by atoms with van der Waals surface area (Å²) in [6.07, 6.45) is -4.59. The minimum absolute atomic E-state index is 0.0624. The van der Waals surface area contributed by atoms with E-state index >= 15 is 0 Å². The van der Waals surface area contributed by atoms with Gasteiger partial charge in [0.15, 0.2) is 0 Å². The summed E-state index contributed by atoms with van der Waals surface area (Å²) in [4.78, 5) is 35.4. The second-order valence-corrected chi connectivity index (χ2v) is 5.28. The summed E-state index contributed by atoms with van der Waals surface area (Å²) in [5.74, 6) is -2.81. The van der Waals surface area contributed by atoms with Crippen LogP contribution in [0.2, 0.25) is 0 Å². The third-order valence-electron chi connectivity index (χ3n) is 3.46. The van der Waals surface area contributed by atoms with Crippen molar-refractivity contribution in [3.05, 3.63) is 35.4 Å². The van der Waals surface area contributed by atoms with E-state index in [-0.39, 0.29) is 12.0 Å². The van der Waals surface area contributed by atoms with Crippen molar-refractivity contribution in [2.45, 2.75) is 25.6 Å². The molecule has 138 valence electrons. The molecule has 9 heteroatoms. The molecule has 0 aliphatic rings. The quantitative estimate of drug-likeness (QED) is 0.786. The zero-order chi connectivity index (χ0) is 19.2. The van der Waals surface area contributed by atoms with E-state index in [1.54, 1.807) is 0 Å². The van der Waals surface area contributed by atoms with Crippen LogP contribution in [0, 0.1) is 5.92 Å². The van der Waals surface area contributed by atoms with Crippen molar-refractivity contribution in [3.63, 3.8) is 0 Å². The van der Waals surface area contributed by atoms with Gasteiger partial charge in [-0.25, -0.2) is 4.79 Å². The van der Waals surface area contributed by atoms with Crippen LogP contribution >= 0.6 is 0 Å². The third-order valence-corrected chi connectivity index (χ3v) is 3.46. The van der Waals surface area contributed by atoms with Gasteiger partial charge in [-0.05, 0) is 30.7 Å². The molecule has 2 atom stereocenters. The summed E-state index contributed by atoms with van der Waals surface area (Å²) in [5.41, 5.74) is -0.958. The average molecular weight is 361 g/mol. The topological polar surface area (TPSA) is 81.7 Å². The maximum Gasteiger partial charge on any atom is 0.416 e. The van der Waals surface area contributed by atoms with Gasteiger partial charge in [-0.15, -0.1) is 0 Å². The maximum absolute atomic E-state index is 12.5. The number of hydrogen-bond acceptors (Lipinski definition) is 5. The van der Waals surface area contributed by atoms with Gasteiger partial charge in [0.05, 0.1) is 25.7 Å². The highest BCUT2D eigenvalue weighted by Crippen LogP contribution is 2.29. The third kappa shape index (κ3) is 5.77. The number of ether oxygens (including phenoxy) is 2. The number of halogens is 3. The van der Waals surface area contributed by atoms with Crippen LogP contribution in [-0.2, 0) is 25.2 Å². The van der Waals surface area contributed by atoms with Crippen molar-refractivity contribution in [1.29, 1.82) is 0 Å². The minimum atomic E-state index is -4.51. The molecule has 0 saturated heterocycles. The fourth-order valence-corrected chi connectivity index (χ4v) is 2.06. The number of esters is 2. The molecule has 0 bridgehead atoms. The maximum atomic E-state index is 12.5. The van der Waals surface area contributed by atoms with Crippen molar-refractivity contribution in [2.24, 2.45) is 5.92 Å². The number of nitrogens with one attached hydrogen (secondary N) is 1. The number of hydrogen-bond donors (Lipinski definition) is 1. The molecule has 0 aromatic heterocycles. The summed E-state index contributed by atoms with van der Waals surface area (Å²) in [7, 11) is 2.30. The zero-order valence-corrected chi connectivity index (χ0v) is 13.8. The Bertz CT molecular complexity index is 628. The van der Waals surface area contributed by atoms with Crippen molar-refractivity contribution < 1.29 is 37.0 Å². The van der Waals surface area contributed by atoms with Crippen LogP contribution in [0.4, 0.5) is 13.2 Å². The van der Waals surface area contributed by atoms with Crippen molar-refractivity contribution in [3.8, 4) is 0 Å². The second kappa shape index (κ2) is 8.50. The molecule has 1 N–H and O–H groups in total. The van der Waals surface area contributed by atoms with Gasteiger partial charge in [0.25, 0.3) is 5.91 Å². The Hall–Kier alpha value is -2.58. The number of carbonyl (C=O) groups is 3. The zero-order valence-electron chi connectivity index (χ0n) is 13.8. The molecule has 6 nitrogen and oxygen atoms in total. The fourth-order valence-electron chi connectivity index (χ4n) is 2.06. The monoisotopic (exact) mass is 361 g/mol. The highest BCUT2D eigenvalue weighted by Gasteiger charge is 2.31. The summed E-state index contributed by atoms with van der Waals surface area (Å²) >= 11 is 0. The van der Waals surface area contributed by atoms with Crippen LogP contribution in [0.5, 0.6) is 0 Å². The molecule has 0 saturated carbocycles. The van der Waals surface area contributed by atoms with Crippen LogP contribution in [0.15, 0.2) is 24.3 Å². The molecule has 0 spiro atoms. The van der Waals surface area contributed by atoms with Gasteiger partial charge >= 0.3 is 18.1 Å². The lowest BCUT2D eigenvalue weighted by atomic mass is 10.0. The summed E-state index contributed by atoms with van der Waals surface area (Å²) < 4.78 is 46.7. The summed E-state index contributed by atoms with van der Waals surface area (Å²) in [6, 6.07) is 2.37. The van der Waals surface area contributed by atoms with Crippen molar-refractivity contribution >= 4 is 17.8 Å². The van der Waals surface area contributed by atoms with Gasteiger partial charge in [-0.2, -0.15) is 13.2 Å². The van der Waals surface area contributed by atoms with Gasteiger partial charge in [-0.3, -0.25) is 9.59 Å². The van der Waals surface area contributed by atoms with E-state index in [9.17, 15) is 27.6 Å². The molecule has 0 radical (unpaired) electrons. The number of alkyl halides is 3. The van der Waals surface area contributed by atoms with E-state index in [0.717, 1.165) is 31.4 Å². The predicted molar refractivity (Wildman–Crippen MR) is 80.5 cm³/mol. The van der Waals surface area contributed by atoms with Gasteiger partial charge in [-0.1, -0.05) is 6.92 Å². The van der Waals surface area contributed by atoms with Gasteiger partial charge in [0.1, 0.15) is 6.04 Å². The van der Waals surface area contributed by atoms with Crippen LogP contribution in [0.25, 0.3) is 0 Å². The summed E-state index contributed by atoms with van der Waals surface area (Å²) in [6.45, 7) is 1.51. The number of benzene rings is 1. The Morgan fingerprint density at radius 3 is 2.00 bits per heavy atom. The molecule has 0 aliphatic heterocycles. The van der Waals surface area contributed by atoms with Gasteiger partial charge < -0.3 is 14.8 Å². The van der Waals surface area contributed by atoms with Crippen LogP contribution in [0.3, 0.4) is 0 Å². The standard InChI is InChI=1S/C16H18F3NO5/c1-9(14(22)24-2)8-12(15(23)25-3)20-13(21)10-4-6-11(7-5-10)16(17,18)19/h4-7,9,12H,8H2,1-3H3,(H,20,21)/t9-,12+/m1/s1. The lowest BCUT2D eigenvalue weighted by Crippen LogP contribution is -2.43. The van der Waals surface area contributed by atoms with Crippen LogP contribution < -0.4 is 5.32 Å². The average Bonchev–Trinajstić information content (AvgIpc) is 2.58. The fraction of sp³-hybridized carbons (Fsp3) is 0.438. The minimum Gasteiger partial charge on any atom is -0.469 e. The van der Waals surface area contributed by atoms with Crippen LogP contribution in [0.1, 0.15) is 29.3 Å². The Morgan fingerprint density at radius 2 is 1.56 bits per heavy atom. The Morgan fingerprint density at radius 1 is 1.04 bits per heavy atom. The lowest BCUT2D eigenvalue weighted by Gasteiger charge is -2.19. The summed E-state index contributed by atoms with van der Waals surface area (Å²) in [5, 5.41) is 2.35. The van der Waals surface area contributed by atoms with E-state index in [1.807, 2.05) is 0 Å². The Balaban J connectivity index is 2.87. The molecule has 0 unspecified atom stereocenters. The molecule has 1 aromatic carbocycles. The molecule has 0 aliphatic carbocycles. The van der Waals surface area contributed by atoms with E-state index in [2.05, 4.69) is 14.8 Å². The van der Waals surface area contributed by atoms with E-state index in [1.165, 1.54) is 14.0 Å². The molecule has 25 heavy (non-hydrogen) atoms. The number of rotatable bonds is 6. The first-order chi connectivity index (χ1) is 11.6. The largest absolute Gasteiger partial charge is 0.469 e. The Labute approximate surface area is 142 Å². The molecule has 1 amide bonds. The van der Waals surface area contributed by atoms with Crippen molar-refractivity contribution in [2.75, 3.05) is 14.2 Å². The SMILES string of the molecule is COC(=O)[C@H](C)C[C@H](NC(=O)c1ccc(C(F)(F)F)cc1)C(=O)OC. The Kier molecular flexibility index (Phi) is 6.96. The van der Waals surface area contributed by atoms with E-state index in [4.69, 9.17) is 0 Å². The first kappa shape index (κ1) is 20.5. The number of carbonyl (C=O) groups excluding carboxylic acids is 3. The first-order valence-electron chi connectivity index (χ1n) is 7.24. The van der Waals surface area contributed by atoms with E-state index in [0.29, 0.717) is 0 Å². The van der Waals surface area contributed by atoms with Gasteiger partial charge in [0, 0.05) is 5.56 Å². The van der Waals surface area contributed by atoms with Crippen LogP contribution in [-0.4, -0.2) is 38.1 Å². The highest BCUT2D eigenvalue weighted by atomic mass is 19.4. The molecular formula is C16H18F3NO5. The normalized spacial score (nSPS) is 13.5. The molecule has 1 aromatic rings. The molecular weight excluding hydrogens is 343 g/mol. The molecule has 0 heterocycles. The van der Waals surface area contributed by atoms with E-state index < -0.39 is 41.5 Å². The lowest BCUT2D eigenvalue weighted by molar-refractivity contribution is -0.147. The molecule has 0 fully saturated rings. The smallest absolute Gasteiger partial charge is 0.416 e. The number of methoxy groups -OCH3 is 2. The molecule has 1 rings (SSSR count). The highest BCUT2D eigenvalue weighted by molar-refractivity contribution is 5.96.